The second kappa shape index (κ2) is 7.09. The Labute approximate surface area is 135 Å². The maximum Gasteiger partial charge on any atom is 0.343 e. The molecule has 2 rings (SSSR count). The highest BCUT2D eigenvalue weighted by Crippen LogP contribution is 2.25. The standard InChI is InChI=1S/C16H13BrO5/c1-20-12-6-3-10(4-7-12)15(18)22-14-8-5-11(17)9-13(14)16(19)21-2/h3-9H,1-2H3. The molecule has 0 aliphatic heterocycles. The van der Waals surface area contributed by atoms with Crippen LogP contribution in [-0.2, 0) is 4.74 Å². The molecule has 2 aromatic carbocycles. The van der Waals surface area contributed by atoms with E-state index in [0.29, 0.717) is 15.8 Å². The Kier molecular flexibility index (Phi) is 5.16. The molecule has 0 heterocycles. The summed E-state index contributed by atoms with van der Waals surface area (Å²) in [6, 6.07) is 11.2. The average molecular weight is 365 g/mol. The number of benzene rings is 2. The average Bonchev–Trinajstić information content (AvgIpc) is 2.55. The van der Waals surface area contributed by atoms with Crippen molar-refractivity contribution in [3.8, 4) is 11.5 Å². The first-order chi connectivity index (χ1) is 10.5. The lowest BCUT2D eigenvalue weighted by molar-refractivity contribution is 0.0593. The molecule has 114 valence electrons. The Morgan fingerprint density at radius 2 is 1.64 bits per heavy atom. The molecule has 0 spiro atoms. The van der Waals surface area contributed by atoms with Crippen LogP contribution in [-0.4, -0.2) is 26.2 Å². The summed E-state index contributed by atoms with van der Waals surface area (Å²) in [4.78, 5) is 23.9. The predicted octanol–water partition coefficient (Wildman–Crippen LogP) is 3.46. The SMILES string of the molecule is COC(=O)c1cc(Br)ccc1OC(=O)c1ccc(OC)cc1. The Morgan fingerprint density at radius 3 is 2.23 bits per heavy atom. The van der Waals surface area contributed by atoms with E-state index in [9.17, 15) is 9.59 Å². The third kappa shape index (κ3) is 3.65. The first-order valence-electron chi connectivity index (χ1n) is 6.29. The van der Waals surface area contributed by atoms with Crippen LogP contribution >= 0.6 is 15.9 Å². The van der Waals surface area contributed by atoms with Gasteiger partial charge in [0.15, 0.2) is 0 Å². The first-order valence-corrected chi connectivity index (χ1v) is 7.08. The third-order valence-corrected chi connectivity index (χ3v) is 3.37. The predicted molar refractivity (Wildman–Crippen MR) is 83.4 cm³/mol. The molecule has 2 aromatic rings. The van der Waals surface area contributed by atoms with E-state index in [2.05, 4.69) is 20.7 Å². The van der Waals surface area contributed by atoms with Gasteiger partial charge in [-0.05, 0) is 42.5 Å². The molecule has 0 unspecified atom stereocenters. The molecular formula is C16H13BrO5. The number of hydrogen-bond donors (Lipinski definition) is 0. The zero-order valence-electron chi connectivity index (χ0n) is 12.0. The van der Waals surface area contributed by atoms with E-state index < -0.39 is 11.9 Å². The molecule has 0 amide bonds. The Bertz CT molecular complexity index is 694. The fraction of sp³-hybridized carbons (Fsp3) is 0.125. The van der Waals surface area contributed by atoms with Gasteiger partial charge in [0.05, 0.1) is 19.8 Å². The molecule has 0 aromatic heterocycles. The molecule has 0 saturated heterocycles. The maximum atomic E-state index is 12.1. The van der Waals surface area contributed by atoms with Crippen LogP contribution in [0.3, 0.4) is 0 Å². The summed E-state index contributed by atoms with van der Waals surface area (Å²) in [5, 5.41) is 0. The highest BCUT2D eigenvalue weighted by Gasteiger charge is 2.17. The summed E-state index contributed by atoms with van der Waals surface area (Å²) < 4.78 is 15.7. The molecule has 5 nitrogen and oxygen atoms in total. The number of rotatable bonds is 4. The van der Waals surface area contributed by atoms with E-state index in [1.54, 1.807) is 30.3 Å². The second-order valence-corrected chi connectivity index (χ2v) is 5.17. The number of ether oxygens (including phenoxy) is 3. The van der Waals surface area contributed by atoms with Crippen LogP contribution in [0.5, 0.6) is 11.5 Å². The molecule has 0 saturated carbocycles. The van der Waals surface area contributed by atoms with Crippen LogP contribution in [0, 0.1) is 0 Å². The van der Waals surface area contributed by atoms with E-state index in [0.717, 1.165) is 0 Å². The number of esters is 2. The van der Waals surface area contributed by atoms with E-state index in [1.807, 2.05) is 0 Å². The first kappa shape index (κ1) is 16.0. The fourth-order valence-electron chi connectivity index (χ4n) is 1.75. The zero-order chi connectivity index (χ0) is 16.1. The lowest BCUT2D eigenvalue weighted by atomic mass is 10.2. The van der Waals surface area contributed by atoms with Gasteiger partial charge in [0.1, 0.15) is 17.1 Å². The van der Waals surface area contributed by atoms with Crippen molar-refractivity contribution in [1.82, 2.24) is 0 Å². The van der Waals surface area contributed by atoms with Crippen LogP contribution in [0.25, 0.3) is 0 Å². The molecule has 0 atom stereocenters. The van der Waals surface area contributed by atoms with Crippen molar-refractivity contribution < 1.29 is 23.8 Å². The van der Waals surface area contributed by atoms with Gasteiger partial charge in [-0.25, -0.2) is 9.59 Å². The van der Waals surface area contributed by atoms with Crippen molar-refractivity contribution in [2.75, 3.05) is 14.2 Å². The van der Waals surface area contributed by atoms with E-state index in [4.69, 9.17) is 9.47 Å². The van der Waals surface area contributed by atoms with Gasteiger partial charge in [-0.3, -0.25) is 0 Å². The molecule has 0 fully saturated rings. The van der Waals surface area contributed by atoms with Crippen molar-refractivity contribution in [3.63, 3.8) is 0 Å². The van der Waals surface area contributed by atoms with Crippen molar-refractivity contribution in [1.29, 1.82) is 0 Å². The highest BCUT2D eigenvalue weighted by molar-refractivity contribution is 9.10. The zero-order valence-corrected chi connectivity index (χ0v) is 13.5. The number of methoxy groups -OCH3 is 2. The van der Waals surface area contributed by atoms with E-state index in [1.165, 1.54) is 26.4 Å². The number of hydrogen-bond acceptors (Lipinski definition) is 5. The third-order valence-electron chi connectivity index (χ3n) is 2.88. The van der Waals surface area contributed by atoms with Crippen molar-refractivity contribution in [3.05, 3.63) is 58.1 Å². The topological polar surface area (TPSA) is 61.8 Å². The monoisotopic (exact) mass is 364 g/mol. The lowest BCUT2D eigenvalue weighted by Crippen LogP contribution is -2.12. The Hall–Kier alpha value is -2.34. The normalized spacial score (nSPS) is 9.95. The van der Waals surface area contributed by atoms with Crippen LogP contribution in [0.1, 0.15) is 20.7 Å². The van der Waals surface area contributed by atoms with Crippen molar-refractivity contribution >= 4 is 27.9 Å². The minimum absolute atomic E-state index is 0.135. The quantitative estimate of drug-likeness (QED) is 0.613. The summed E-state index contributed by atoms with van der Waals surface area (Å²) in [5.74, 6) is -0.389. The van der Waals surface area contributed by atoms with Gasteiger partial charge in [-0.2, -0.15) is 0 Å². The van der Waals surface area contributed by atoms with Crippen LogP contribution in [0.2, 0.25) is 0 Å². The minimum Gasteiger partial charge on any atom is -0.497 e. The largest absolute Gasteiger partial charge is 0.497 e. The Balaban J connectivity index is 2.25. The smallest absolute Gasteiger partial charge is 0.343 e. The summed E-state index contributed by atoms with van der Waals surface area (Å²) in [7, 11) is 2.80. The van der Waals surface area contributed by atoms with E-state index >= 15 is 0 Å². The molecule has 0 N–H and O–H groups in total. The maximum absolute atomic E-state index is 12.1. The molecular weight excluding hydrogens is 352 g/mol. The lowest BCUT2D eigenvalue weighted by Gasteiger charge is -2.09. The molecule has 0 radical (unpaired) electrons. The molecule has 0 aliphatic rings. The van der Waals surface area contributed by atoms with Gasteiger partial charge in [-0.1, -0.05) is 15.9 Å². The van der Waals surface area contributed by atoms with Gasteiger partial charge < -0.3 is 14.2 Å². The number of carbonyl (C=O) groups is 2. The van der Waals surface area contributed by atoms with Gasteiger partial charge >= 0.3 is 11.9 Å². The Morgan fingerprint density at radius 1 is 0.955 bits per heavy atom. The number of carbonyl (C=O) groups excluding carboxylic acids is 2. The van der Waals surface area contributed by atoms with Crippen LogP contribution in [0.15, 0.2) is 46.9 Å². The second-order valence-electron chi connectivity index (χ2n) is 4.25. The molecule has 0 bridgehead atoms. The van der Waals surface area contributed by atoms with Gasteiger partial charge in [0.2, 0.25) is 0 Å². The summed E-state index contributed by atoms with van der Waals surface area (Å²) >= 11 is 3.26. The highest BCUT2D eigenvalue weighted by atomic mass is 79.9. The van der Waals surface area contributed by atoms with E-state index in [-0.39, 0.29) is 11.3 Å². The van der Waals surface area contributed by atoms with Crippen LogP contribution in [0.4, 0.5) is 0 Å². The molecule has 0 aliphatic carbocycles. The summed E-state index contributed by atoms with van der Waals surface area (Å²) in [6.07, 6.45) is 0. The summed E-state index contributed by atoms with van der Waals surface area (Å²) in [6.45, 7) is 0. The fourth-order valence-corrected chi connectivity index (χ4v) is 2.11. The van der Waals surface area contributed by atoms with Gasteiger partial charge in [-0.15, -0.1) is 0 Å². The molecule has 22 heavy (non-hydrogen) atoms. The van der Waals surface area contributed by atoms with Crippen LogP contribution < -0.4 is 9.47 Å². The number of halogens is 1. The minimum atomic E-state index is -0.584. The van der Waals surface area contributed by atoms with Gasteiger partial charge in [0, 0.05) is 4.47 Å². The van der Waals surface area contributed by atoms with Crippen molar-refractivity contribution in [2.24, 2.45) is 0 Å². The van der Waals surface area contributed by atoms with Crippen molar-refractivity contribution in [2.45, 2.75) is 0 Å². The van der Waals surface area contributed by atoms with Gasteiger partial charge in [0.25, 0.3) is 0 Å². The summed E-state index contributed by atoms with van der Waals surface area (Å²) in [5.41, 5.74) is 0.512. The molecule has 6 heteroatoms.